The Balaban J connectivity index is 2.14. The maximum absolute atomic E-state index is 10.8. The highest BCUT2D eigenvalue weighted by atomic mass is 79.9. The standard InChI is InChI=1S/C11H15BrN2O2/c1-16-11(15)3-2-4-13-6-9-5-10(12)8-14-7-9/h5,7-8,13H,2-4,6H2,1H3. The topological polar surface area (TPSA) is 51.2 Å². The Morgan fingerprint density at radius 2 is 2.38 bits per heavy atom. The lowest BCUT2D eigenvalue weighted by Crippen LogP contribution is -2.16. The quantitative estimate of drug-likeness (QED) is 0.641. The maximum Gasteiger partial charge on any atom is 0.305 e. The number of halogens is 1. The van der Waals surface area contributed by atoms with Gasteiger partial charge in [0.25, 0.3) is 0 Å². The number of nitrogens with one attached hydrogen (secondary N) is 1. The minimum Gasteiger partial charge on any atom is -0.469 e. The number of nitrogens with zero attached hydrogens (tertiary/aromatic N) is 1. The van der Waals surface area contributed by atoms with Gasteiger partial charge < -0.3 is 10.1 Å². The van der Waals surface area contributed by atoms with Crippen molar-refractivity contribution in [2.75, 3.05) is 13.7 Å². The van der Waals surface area contributed by atoms with Crippen LogP contribution in [0.1, 0.15) is 18.4 Å². The second kappa shape index (κ2) is 7.35. The van der Waals surface area contributed by atoms with Gasteiger partial charge in [-0.25, -0.2) is 0 Å². The third kappa shape index (κ3) is 5.23. The molecule has 0 spiro atoms. The first kappa shape index (κ1) is 13.1. The molecular formula is C11H15BrN2O2. The molecule has 0 atom stereocenters. The van der Waals surface area contributed by atoms with E-state index in [-0.39, 0.29) is 5.97 Å². The number of carbonyl (C=O) groups excluding carboxylic acids is 1. The number of aromatic nitrogens is 1. The molecule has 0 bridgehead atoms. The van der Waals surface area contributed by atoms with Gasteiger partial charge in [0.15, 0.2) is 0 Å². The number of esters is 1. The number of ether oxygens (including phenoxy) is 1. The van der Waals surface area contributed by atoms with Crippen LogP contribution in [0.4, 0.5) is 0 Å². The van der Waals surface area contributed by atoms with Gasteiger partial charge >= 0.3 is 5.97 Å². The van der Waals surface area contributed by atoms with Crippen molar-refractivity contribution in [3.63, 3.8) is 0 Å². The van der Waals surface area contributed by atoms with Crippen molar-refractivity contribution in [3.8, 4) is 0 Å². The highest BCUT2D eigenvalue weighted by molar-refractivity contribution is 9.10. The highest BCUT2D eigenvalue weighted by Gasteiger charge is 1.99. The number of methoxy groups -OCH3 is 1. The van der Waals surface area contributed by atoms with Crippen molar-refractivity contribution in [2.45, 2.75) is 19.4 Å². The predicted octanol–water partition coefficient (Wildman–Crippen LogP) is 1.89. The van der Waals surface area contributed by atoms with Gasteiger partial charge in [0.05, 0.1) is 7.11 Å². The van der Waals surface area contributed by atoms with Crippen LogP contribution in [-0.4, -0.2) is 24.6 Å². The molecule has 0 saturated carbocycles. The van der Waals surface area contributed by atoms with Crippen molar-refractivity contribution < 1.29 is 9.53 Å². The molecule has 1 rings (SSSR count). The van der Waals surface area contributed by atoms with Crippen molar-refractivity contribution in [3.05, 3.63) is 28.5 Å². The SMILES string of the molecule is COC(=O)CCCNCc1cncc(Br)c1. The summed E-state index contributed by atoms with van der Waals surface area (Å²) in [5.74, 6) is -0.161. The molecule has 88 valence electrons. The lowest BCUT2D eigenvalue weighted by atomic mass is 10.2. The third-order valence-electron chi connectivity index (χ3n) is 2.05. The highest BCUT2D eigenvalue weighted by Crippen LogP contribution is 2.09. The van der Waals surface area contributed by atoms with E-state index >= 15 is 0 Å². The van der Waals surface area contributed by atoms with E-state index in [9.17, 15) is 4.79 Å². The van der Waals surface area contributed by atoms with Gasteiger partial charge in [-0.1, -0.05) is 0 Å². The van der Waals surface area contributed by atoms with Crippen LogP contribution >= 0.6 is 15.9 Å². The first-order valence-electron chi connectivity index (χ1n) is 5.09. The molecule has 0 fully saturated rings. The average Bonchev–Trinajstić information content (AvgIpc) is 2.28. The van der Waals surface area contributed by atoms with E-state index in [1.54, 1.807) is 6.20 Å². The zero-order valence-electron chi connectivity index (χ0n) is 9.20. The Bertz CT molecular complexity index is 345. The molecule has 1 aromatic rings. The summed E-state index contributed by atoms with van der Waals surface area (Å²) in [6.45, 7) is 1.55. The van der Waals surface area contributed by atoms with E-state index in [2.05, 4.69) is 31.0 Å². The fraction of sp³-hybridized carbons (Fsp3) is 0.455. The smallest absolute Gasteiger partial charge is 0.305 e. The van der Waals surface area contributed by atoms with E-state index in [0.29, 0.717) is 6.42 Å². The molecule has 1 aromatic heterocycles. The Kier molecular flexibility index (Phi) is 6.03. The minimum atomic E-state index is -0.161. The largest absolute Gasteiger partial charge is 0.469 e. The van der Waals surface area contributed by atoms with Crippen molar-refractivity contribution >= 4 is 21.9 Å². The van der Waals surface area contributed by atoms with E-state index in [1.165, 1.54) is 7.11 Å². The zero-order valence-corrected chi connectivity index (χ0v) is 10.8. The van der Waals surface area contributed by atoms with Gasteiger partial charge in [-0.2, -0.15) is 0 Å². The van der Waals surface area contributed by atoms with E-state index in [4.69, 9.17) is 0 Å². The van der Waals surface area contributed by atoms with Crippen molar-refractivity contribution in [1.29, 1.82) is 0 Å². The summed E-state index contributed by atoms with van der Waals surface area (Å²) >= 11 is 3.36. The molecule has 0 unspecified atom stereocenters. The van der Waals surface area contributed by atoms with Crippen LogP contribution in [0.15, 0.2) is 22.9 Å². The molecule has 0 aliphatic carbocycles. The predicted molar refractivity (Wildman–Crippen MR) is 64.9 cm³/mol. The molecule has 1 heterocycles. The number of carbonyl (C=O) groups is 1. The molecule has 5 heteroatoms. The zero-order chi connectivity index (χ0) is 11.8. The maximum atomic E-state index is 10.8. The van der Waals surface area contributed by atoms with Crippen molar-refractivity contribution in [2.24, 2.45) is 0 Å². The van der Waals surface area contributed by atoms with Crippen LogP contribution in [0.5, 0.6) is 0 Å². The molecule has 0 amide bonds. The number of rotatable bonds is 6. The molecule has 1 N–H and O–H groups in total. The van der Waals surface area contributed by atoms with Gasteiger partial charge in [0, 0.05) is 29.8 Å². The Labute approximate surface area is 104 Å². The molecule has 16 heavy (non-hydrogen) atoms. The minimum absolute atomic E-state index is 0.161. The van der Waals surface area contributed by atoms with Gasteiger partial charge in [0.2, 0.25) is 0 Å². The Morgan fingerprint density at radius 3 is 3.06 bits per heavy atom. The summed E-state index contributed by atoms with van der Waals surface area (Å²) in [7, 11) is 1.41. The summed E-state index contributed by atoms with van der Waals surface area (Å²) in [6.07, 6.45) is 4.81. The van der Waals surface area contributed by atoms with Crippen LogP contribution in [0.25, 0.3) is 0 Å². The summed E-state index contributed by atoms with van der Waals surface area (Å²) in [4.78, 5) is 14.9. The van der Waals surface area contributed by atoms with Gasteiger partial charge in [-0.15, -0.1) is 0 Å². The second-order valence-electron chi connectivity index (χ2n) is 3.37. The summed E-state index contributed by atoms with van der Waals surface area (Å²) in [5, 5.41) is 3.24. The van der Waals surface area contributed by atoms with Crippen LogP contribution < -0.4 is 5.32 Å². The van der Waals surface area contributed by atoms with E-state index in [0.717, 1.165) is 29.5 Å². The Morgan fingerprint density at radius 1 is 1.56 bits per heavy atom. The van der Waals surface area contributed by atoms with E-state index in [1.807, 2.05) is 12.3 Å². The molecule has 0 aliphatic heterocycles. The fourth-order valence-corrected chi connectivity index (χ4v) is 1.66. The van der Waals surface area contributed by atoms with Gasteiger partial charge in [-0.05, 0) is 40.5 Å². The number of pyridine rings is 1. The molecule has 0 aliphatic rings. The number of hydrogen-bond acceptors (Lipinski definition) is 4. The van der Waals surface area contributed by atoms with Crippen LogP contribution in [-0.2, 0) is 16.1 Å². The molecule has 0 radical (unpaired) electrons. The van der Waals surface area contributed by atoms with Crippen LogP contribution in [0, 0.1) is 0 Å². The molecule has 0 aromatic carbocycles. The summed E-state index contributed by atoms with van der Waals surface area (Å²) in [5.41, 5.74) is 1.12. The van der Waals surface area contributed by atoms with Gasteiger partial charge in [-0.3, -0.25) is 9.78 Å². The summed E-state index contributed by atoms with van der Waals surface area (Å²) < 4.78 is 5.52. The van der Waals surface area contributed by atoms with Crippen LogP contribution in [0.2, 0.25) is 0 Å². The van der Waals surface area contributed by atoms with Gasteiger partial charge in [0.1, 0.15) is 0 Å². The van der Waals surface area contributed by atoms with Crippen LogP contribution in [0.3, 0.4) is 0 Å². The fourth-order valence-electron chi connectivity index (χ4n) is 1.25. The molecular weight excluding hydrogens is 272 g/mol. The second-order valence-corrected chi connectivity index (χ2v) is 4.28. The Hall–Kier alpha value is -0.940. The average molecular weight is 287 g/mol. The molecule has 4 nitrogen and oxygen atoms in total. The summed E-state index contributed by atoms with van der Waals surface area (Å²) in [6, 6.07) is 2.01. The first-order valence-corrected chi connectivity index (χ1v) is 5.88. The normalized spacial score (nSPS) is 10.1. The third-order valence-corrected chi connectivity index (χ3v) is 2.49. The van der Waals surface area contributed by atoms with E-state index < -0.39 is 0 Å². The lowest BCUT2D eigenvalue weighted by Gasteiger charge is -2.04. The molecule has 0 saturated heterocycles. The lowest BCUT2D eigenvalue weighted by molar-refractivity contribution is -0.140. The monoisotopic (exact) mass is 286 g/mol. The first-order chi connectivity index (χ1) is 7.72. The number of hydrogen-bond donors (Lipinski definition) is 1. The van der Waals surface area contributed by atoms with Crippen molar-refractivity contribution in [1.82, 2.24) is 10.3 Å².